The third-order valence-electron chi connectivity index (χ3n) is 2.66. The fourth-order valence-corrected chi connectivity index (χ4v) is 1.70. The van der Waals surface area contributed by atoms with Gasteiger partial charge in [-0.2, -0.15) is 0 Å². The van der Waals surface area contributed by atoms with Crippen LogP contribution in [0.25, 0.3) is 0 Å². The summed E-state index contributed by atoms with van der Waals surface area (Å²) in [6.07, 6.45) is 1.40. The van der Waals surface area contributed by atoms with E-state index in [0.717, 1.165) is 12.4 Å². The molecule has 0 radical (unpaired) electrons. The Morgan fingerprint density at radius 3 is 2.50 bits per heavy atom. The van der Waals surface area contributed by atoms with Gasteiger partial charge in [0.1, 0.15) is 6.54 Å². The molecule has 0 fully saturated rings. The maximum Gasteiger partial charge on any atom is 0.308 e. The van der Waals surface area contributed by atoms with Gasteiger partial charge in [0.25, 0.3) is 5.82 Å². The van der Waals surface area contributed by atoms with Gasteiger partial charge in [-0.1, -0.05) is 30.3 Å². The molecule has 1 heterocycles. The first-order chi connectivity index (χ1) is 8.66. The molecule has 0 aliphatic heterocycles. The summed E-state index contributed by atoms with van der Waals surface area (Å²) in [4.78, 5) is 15.0. The lowest BCUT2D eigenvalue weighted by molar-refractivity contribution is -0.414. The molecular formula is C13H14N3O2+. The minimum Gasteiger partial charge on any atom is -0.260 e. The van der Waals surface area contributed by atoms with Gasteiger partial charge in [-0.05, 0) is 5.56 Å². The van der Waals surface area contributed by atoms with Crippen molar-refractivity contribution >= 4 is 11.5 Å². The molecule has 92 valence electrons. The van der Waals surface area contributed by atoms with Crippen LogP contribution in [-0.4, -0.2) is 12.0 Å². The van der Waals surface area contributed by atoms with Crippen LogP contribution in [0, 0.1) is 10.1 Å². The van der Waals surface area contributed by atoms with Gasteiger partial charge in [0, 0.05) is 12.1 Å². The molecule has 0 saturated carbocycles. The van der Waals surface area contributed by atoms with E-state index in [4.69, 9.17) is 0 Å². The summed E-state index contributed by atoms with van der Waals surface area (Å²) in [5, 5.41) is 10.5. The van der Waals surface area contributed by atoms with Gasteiger partial charge in [-0.25, -0.2) is 4.98 Å². The minimum atomic E-state index is -0.419. The maximum atomic E-state index is 10.5. The van der Waals surface area contributed by atoms with Crippen molar-refractivity contribution in [3.63, 3.8) is 0 Å². The number of aromatic amines is 1. The maximum absolute atomic E-state index is 10.5. The van der Waals surface area contributed by atoms with Crippen LogP contribution in [0.15, 0.2) is 48.7 Å². The SMILES string of the molecule is CN(Cc1ccccc1)c1ccc([N+](=O)[O-])c[nH+]1. The number of benzene rings is 1. The van der Waals surface area contributed by atoms with Crippen molar-refractivity contribution < 1.29 is 9.91 Å². The van der Waals surface area contributed by atoms with Gasteiger partial charge in [0.2, 0.25) is 0 Å². The zero-order valence-corrected chi connectivity index (χ0v) is 10.0. The Hall–Kier alpha value is -2.43. The van der Waals surface area contributed by atoms with Crippen LogP contribution in [-0.2, 0) is 6.54 Å². The molecule has 0 aliphatic carbocycles. The number of aromatic nitrogens is 1. The number of hydrogen-bond acceptors (Lipinski definition) is 3. The number of pyridine rings is 1. The first-order valence-corrected chi connectivity index (χ1v) is 5.58. The van der Waals surface area contributed by atoms with Crippen LogP contribution in [0.3, 0.4) is 0 Å². The van der Waals surface area contributed by atoms with Crippen molar-refractivity contribution in [3.05, 3.63) is 64.3 Å². The fourth-order valence-electron chi connectivity index (χ4n) is 1.70. The first-order valence-electron chi connectivity index (χ1n) is 5.58. The molecule has 5 nitrogen and oxygen atoms in total. The number of nitrogens with zero attached hydrogens (tertiary/aromatic N) is 2. The van der Waals surface area contributed by atoms with Crippen LogP contribution >= 0.6 is 0 Å². The molecule has 0 bridgehead atoms. The number of nitrogens with one attached hydrogen (secondary N) is 1. The Morgan fingerprint density at radius 1 is 1.22 bits per heavy atom. The van der Waals surface area contributed by atoms with E-state index in [-0.39, 0.29) is 5.69 Å². The lowest BCUT2D eigenvalue weighted by Crippen LogP contribution is -2.24. The Morgan fingerprint density at radius 2 is 1.94 bits per heavy atom. The monoisotopic (exact) mass is 244 g/mol. The Kier molecular flexibility index (Phi) is 3.52. The van der Waals surface area contributed by atoms with Crippen molar-refractivity contribution in [2.45, 2.75) is 6.54 Å². The molecule has 0 spiro atoms. The molecule has 1 aromatic heterocycles. The highest BCUT2D eigenvalue weighted by atomic mass is 16.6. The van der Waals surface area contributed by atoms with Gasteiger partial charge in [0.05, 0.1) is 12.0 Å². The highest BCUT2D eigenvalue weighted by Crippen LogP contribution is 2.13. The molecule has 5 heteroatoms. The normalized spacial score (nSPS) is 10.1. The van der Waals surface area contributed by atoms with Crippen molar-refractivity contribution in [2.24, 2.45) is 0 Å². The third kappa shape index (κ3) is 2.82. The third-order valence-corrected chi connectivity index (χ3v) is 2.66. The van der Waals surface area contributed by atoms with Crippen LogP contribution in [0.2, 0.25) is 0 Å². The van der Waals surface area contributed by atoms with Gasteiger partial charge in [0.15, 0.2) is 6.20 Å². The summed E-state index contributed by atoms with van der Waals surface area (Å²) < 4.78 is 0. The van der Waals surface area contributed by atoms with E-state index in [1.54, 1.807) is 6.07 Å². The second-order valence-electron chi connectivity index (χ2n) is 4.03. The van der Waals surface area contributed by atoms with E-state index in [9.17, 15) is 10.1 Å². The molecule has 2 rings (SSSR count). The van der Waals surface area contributed by atoms with Gasteiger partial charge in [-0.15, -0.1) is 0 Å². The molecule has 2 aromatic rings. The second-order valence-corrected chi connectivity index (χ2v) is 4.03. The van der Waals surface area contributed by atoms with Crippen LogP contribution in [0.5, 0.6) is 0 Å². The summed E-state index contributed by atoms with van der Waals surface area (Å²) in [5.74, 6) is 0.837. The molecule has 0 saturated heterocycles. The number of H-pyrrole nitrogens is 1. The number of anilines is 1. The van der Waals surface area contributed by atoms with E-state index < -0.39 is 4.92 Å². The highest BCUT2D eigenvalue weighted by molar-refractivity contribution is 5.37. The van der Waals surface area contributed by atoms with Crippen molar-refractivity contribution in [3.8, 4) is 0 Å². The average Bonchev–Trinajstić information content (AvgIpc) is 2.40. The average molecular weight is 244 g/mol. The van der Waals surface area contributed by atoms with Gasteiger partial charge < -0.3 is 0 Å². The smallest absolute Gasteiger partial charge is 0.260 e. The van der Waals surface area contributed by atoms with E-state index in [1.165, 1.54) is 17.8 Å². The Labute approximate surface area is 105 Å². The quantitative estimate of drug-likeness (QED) is 0.610. The predicted molar refractivity (Wildman–Crippen MR) is 68.2 cm³/mol. The molecule has 0 amide bonds. The summed E-state index contributed by atoms with van der Waals surface area (Å²) >= 11 is 0. The zero-order chi connectivity index (χ0) is 13.0. The van der Waals surface area contributed by atoms with Crippen molar-refractivity contribution in [1.29, 1.82) is 0 Å². The van der Waals surface area contributed by atoms with Crippen LogP contribution in [0.4, 0.5) is 11.5 Å². The molecule has 1 N–H and O–H groups in total. The summed E-state index contributed by atoms with van der Waals surface area (Å²) in [7, 11) is 1.94. The Balaban J connectivity index is 2.09. The Bertz CT molecular complexity index is 526. The minimum absolute atomic E-state index is 0.0619. The van der Waals surface area contributed by atoms with Crippen LogP contribution < -0.4 is 9.88 Å². The molecule has 0 aliphatic rings. The van der Waals surface area contributed by atoms with Crippen LogP contribution in [0.1, 0.15) is 5.56 Å². The van der Waals surface area contributed by atoms with Crippen molar-refractivity contribution in [2.75, 3.05) is 11.9 Å². The first kappa shape index (κ1) is 12.0. The molecule has 1 aromatic carbocycles. The number of hydrogen-bond donors (Lipinski definition) is 0. The lowest BCUT2D eigenvalue weighted by atomic mass is 10.2. The largest absolute Gasteiger partial charge is 0.308 e. The molecule has 0 atom stereocenters. The number of nitro groups is 1. The highest BCUT2D eigenvalue weighted by Gasteiger charge is 2.13. The van der Waals surface area contributed by atoms with E-state index in [0.29, 0.717) is 0 Å². The zero-order valence-electron chi connectivity index (χ0n) is 10.0. The second kappa shape index (κ2) is 5.27. The lowest BCUT2D eigenvalue weighted by Gasteiger charge is -2.10. The van der Waals surface area contributed by atoms with Gasteiger partial charge in [-0.3, -0.25) is 15.0 Å². The summed E-state index contributed by atoms with van der Waals surface area (Å²) in [5.41, 5.74) is 1.25. The van der Waals surface area contributed by atoms with E-state index in [2.05, 4.69) is 4.98 Å². The van der Waals surface area contributed by atoms with Crippen molar-refractivity contribution in [1.82, 2.24) is 0 Å². The van der Waals surface area contributed by atoms with E-state index in [1.807, 2.05) is 42.3 Å². The fraction of sp³-hybridized carbons (Fsp3) is 0.154. The molecular weight excluding hydrogens is 230 g/mol. The topological polar surface area (TPSA) is 60.5 Å². The van der Waals surface area contributed by atoms with Gasteiger partial charge >= 0.3 is 5.69 Å². The summed E-state index contributed by atoms with van der Waals surface area (Å²) in [6, 6.07) is 13.2. The summed E-state index contributed by atoms with van der Waals surface area (Å²) in [6.45, 7) is 0.745. The standard InChI is InChI=1S/C13H13N3O2/c1-15(10-11-5-3-2-4-6-11)13-8-7-12(9-14-13)16(17)18/h2-9H,10H2,1H3/p+1. The predicted octanol–water partition coefficient (Wildman–Crippen LogP) is 2.05. The number of rotatable bonds is 4. The van der Waals surface area contributed by atoms with E-state index >= 15 is 0 Å². The molecule has 18 heavy (non-hydrogen) atoms. The molecule has 0 unspecified atom stereocenters.